The third-order valence-electron chi connectivity index (χ3n) is 1.47. The third-order valence-corrected chi connectivity index (χ3v) is 2.83. The minimum Gasteiger partial charge on any atom is -0.258 e. The number of nitro benzene ring substituents is 1. The van der Waals surface area contributed by atoms with Gasteiger partial charge in [0.2, 0.25) is 0 Å². The number of nitro groups is 1. The molecule has 0 aromatic heterocycles. The summed E-state index contributed by atoms with van der Waals surface area (Å²) >= 11 is 7.12. The minimum absolute atomic E-state index is 0.0262. The fourth-order valence-corrected chi connectivity index (χ4v) is 1.74. The van der Waals surface area contributed by atoms with Crippen molar-refractivity contribution in [3.05, 3.63) is 32.3 Å². The second kappa shape index (κ2) is 3.45. The molecule has 5 heteroatoms. The van der Waals surface area contributed by atoms with Crippen LogP contribution in [0.25, 0.3) is 0 Å². The largest absolute Gasteiger partial charge is 0.296 e. The second-order valence-electron chi connectivity index (χ2n) is 2.32. The van der Waals surface area contributed by atoms with Gasteiger partial charge in [-0.15, -0.1) is 12.6 Å². The summed E-state index contributed by atoms with van der Waals surface area (Å²) < 4.78 is 0.500. The summed E-state index contributed by atoms with van der Waals surface area (Å²) in [7, 11) is 0. The molecule has 0 fully saturated rings. The molecule has 0 bridgehead atoms. The molecule has 0 spiro atoms. The smallest absolute Gasteiger partial charge is 0.258 e. The van der Waals surface area contributed by atoms with Gasteiger partial charge in [0.25, 0.3) is 5.69 Å². The second-order valence-corrected chi connectivity index (χ2v) is 3.60. The Balaban J connectivity index is 3.43. The molecule has 0 heterocycles. The van der Waals surface area contributed by atoms with Crippen molar-refractivity contribution in [2.75, 3.05) is 0 Å². The molecule has 0 amide bonds. The van der Waals surface area contributed by atoms with E-state index in [2.05, 4.69) is 28.6 Å². The standard InChI is InChI=1S/C7H6BrNO2S/c1-4-2-3-5(12)7(6(4)8)9(10)11/h2-3,12H,1H3. The van der Waals surface area contributed by atoms with Crippen LogP contribution >= 0.6 is 28.6 Å². The third kappa shape index (κ3) is 1.61. The first-order valence-corrected chi connectivity index (χ1v) is 4.40. The van der Waals surface area contributed by atoms with Crippen molar-refractivity contribution < 1.29 is 4.92 Å². The molecule has 0 N–H and O–H groups in total. The van der Waals surface area contributed by atoms with Crippen molar-refractivity contribution in [3.8, 4) is 0 Å². The molecule has 0 unspecified atom stereocenters. The molecule has 0 aliphatic heterocycles. The maximum atomic E-state index is 10.5. The lowest BCUT2D eigenvalue weighted by Crippen LogP contribution is -1.92. The Bertz CT molecular complexity index is 340. The van der Waals surface area contributed by atoms with Gasteiger partial charge in [0.1, 0.15) is 0 Å². The molecule has 1 aromatic rings. The lowest BCUT2D eigenvalue weighted by molar-refractivity contribution is -0.388. The summed E-state index contributed by atoms with van der Waals surface area (Å²) in [5.41, 5.74) is 0.859. The summed E-state index contributed by atoms with van der Waals surface area (Å²) in [6.45, 7) is 1.80. The Morgan fingerprint density at radius 1 is 1.58 bits per heavy atom. The van der Waals surface area contributed by atoms with Crippen LogP contribution in [-0.2, 0) is 0 Å². The molecule has 64 valence electrons. The Labute approximate surface area is 83.5 Å². The predicted octanol–water partition coefficient (Wildman–Crippen LogP) is 2.95. The predicted molar refractivity (Wildman–Crippen MR) is 52.8 cm³/mol. The number of hydrogen-bond acceptors (Lipinski definition) is 3. The van der Waals surface area contributed by atoms with Gasteiger partial charge >= 0.3 is 0 Å². The average Bonchev–Trinajstić information content (AvgIpc) is 1.97. The van der Waals surface area contributed by atoms with Gasteiger partial charge in [-0.3, -0.25) is 10.1 Å². The van der Waals surface area contributed by atoms with E-state index in [4.69, 9.17) is 0 Å². The zero-order valence-corrected chi connectivity index (χ0v) is 8.72. The van der Waals surface area contributed by atoms with Crippen LogP contribution < -0.4 is 0 Å². The Kier molecular flexibility index (Phi) is 2.74. The van der Waals surface area contributed by atoms with Crippen LogP contribution in [0.4, 0.5) is 5.69 Å². The molecule has 3 nitrogen and oxygen atoms in total. The summed E-state index contributed by atoms with van der Waals surface area (Å²) in [6, 6.07) is 3.39. The Hall–Kier alpha value is -0.550. The Morgan fingerprint density at radius 2 is 2.17 bits per heavy atom. The van der Waals surface area contributed by atoms with Gasteiger partial charge in [-0.2, -0.15) is 0 Å². The minimum atomic E-state index is -0.445. The van der Waals surface area contributed by atoms with E-state index in [-0.39, 0.29) is 5.69 Å². The number of hydrogen-bond donors (Lipinski definition) is 1. The normalized spacial score (nSPS) is 9.92. The van der Waals surface area contributed by atoms with Crippen LogP contribution in [0.1, 0.15) is 5.56 Å². The van der Waals surface area contributed by atoms with Crippen LogP contribution in [0.3, 0.4) is 0 Å². The zero-order valence-electron chi connectivity index (χ0n) is 6.24. The maximum Gasteiger partial charge on any atom is 0.296 e. The highest BCUT2D eigenvalue weighted by molar-refractivity contribution is 9.10. The van der Waals surface area contributed by atoms with Crippen molar-refractivity contribution in [2.24, 2.45) is 0 Å². The molecular weight excluding hydrogens is 242 g/mol. The van der Waals surface area contributed by atoms with Crippen molar-refractivity contribution in [1.29, 1.82) is 0 Å². The molecule has 12 heavy (non-hydrogen) atoms. The molecule has 0 aliphatic rings. The molecule has 0 atom stereocenters. The van der Waals surface area contributed by atoms with E-state index in [1.165, 1.54) is 0 Å². The first kappa shape index (κ1) is 9.54. The number of thiol groups is 1. The van der Waals surface area contributed by atoms with E-state index in [1.807, 2.05) is 0 Å². The number of benzene rings is 1. The van der Waals surface area contributed by atoms with E-state index in [1.54, 1.807) is 19.1 Å². The van der Waals surface area contributed by atoms with Crippen molar-refractivity contribution in [1.82, 2.24) is 0 Å². The van der Waals surface area contributed by atoms with Gasteiger partial charge in [0, 0.05) is 0 Å². The lowest BCUT2D eigenvalue weighted by atomic mass is 10.2. The van der Waals surface area contributed by atoms with Gasteiger partial charge in [-0.25, -0.2) is 0 Å². The van der Waals surface area contributed by atoms with Gasteiger partial charge in [0.05, 0.1) is 14.3 Å². The van der Waals surface area contributed by atoms with Gasteiger partial charge in [-0.1, -0.05) is 6.07 Å². The van der Waals surface area contributed by atoms with Gasteiger partial charge in [-0.05, 0) is 34.5 Å². The molecule has 0 saturated carbocycles. The van der Waals surface area contributed by atoms with Crippen molar-refractivity contribution >= 4 is 34.2 Å². The van der Waals surface area contributed by atoms with Gasteiger partial charge in [0.15, 0.2) is 0 Å². The fraction of sp³-hybridized carbons (Fsp3) is 0.143. The number of nitrogens with zero attached hydrogens (tertiary/aromatic N) is 1. The van der Waals surface area contributed by atoms with Crippen molar-refractivity contribution in [2.45, 2.75) is 11.8 Å². The topological polar surface area (TPSA) is 43.1 Å². The maximum absolute atomic E-state index is 10.5. The first-order valence-electron chi connectivity index (χ1n) is 3.16. The van der Waals surface area contributed by atoms with Crippen LogP contribution in [-0.4, -0.2) is 4.92 Å². The molecular formula is C7H6BrNO2S. The average molecular weight is 248 g/mol. The summed E-state index contributed by atoms with van der Waals surface area (Å²) in [6.07, 6.45) is 0. The van der Waals surface area contributed by atoms with Crippen LogP contribution in [0, 0.1) is 17.0 Å². The molecule has 1 aromatic carbocycles. The number of aryl methyl sites for hydroxylation is 1. The number of halogens is 1. The highest BCUT2D eigenvalue weighted by Crippen LogP contribution is 2.33. The summed E-state index contributed by atoms with van der Waals surface area (Å²) in [5, 5.41) is 10.5. The lowest BCUT2D eigenvalue weighted by Gasteiger charge is -2.00. The van der Waals surface area contributed by atoms with E-state index in [0.717, 1.165) is 5.56 Å². The number of rotatable bonds is 1. The first-order chi connectivity index (χ1) is 5.54. The summed E-state index contributed by atoms with van der Waals surface area (Å²) in [4.78, 5) is 10.4. The molecule has 0 saturated heterocycles. The van der Waals surface area contributed by atoms with E-state index in [9.17, 15) is 10.1 Å². The SMILES string of the molecule is Cc1ccc(S)c([N+](=O)[O-])c1Br. The van der Waals surface area contributed by atoms with Crippen LogP contribution in [0.5, 0.6) is 0 Å². The van der Waals surface area contributed by atoms with Crippen molar-refractivity contribution in [3.63, 3.8) is 0 Å². The highest BCUT2D eigenvalue weighted by Gasteiger charge is 2.17. The van der Waals surface area contributed by atoms with Crippen LogP contribution in [0.15, 0.2) is 21.5 Å². The van der Waals surface area contributed by atoms with E-state index < -0.39 is 4.92 Å². The quantitative estimate of drug-likeness (QED) is 0.471. The van der Waals surface area contributed by atoms with Crippen LogP contribution in [0.2, 0.25) is 0 Å². The summed E-state index contributed by atoms with van der Waals surface area (Å²) in [5.74, 6) is 0. The Morgan fingerprint density at radius 3 is 2.58 bits per heavy atom. The zero-order chi connectivity index (χ0) is 9.30. The molecule has 0 radical (unpaired) electrons. The van der Waals surface area contributed by atoms with Gasteiger partial charge < -0.3 is 0 Å². The fourth-order valence-electron chi connectivity index (χ4n) is 0.829. The highest BCUT2D eigenvalue weighted by atomic mass is 79.9. The monoisotopic (exact) mass is 247 g/mol. The van der Waals surface area contributed by atoms with E-state index >= 15 is 0 Å². The molecule has 0 aliphatic carbocycles. The van der Waals surface area contributed by atoms with E-state index in [0.29, 0.717) is 9.37 Å². The molecule has 1 rings (SSSR count).